The van der Waals surface area contributed by atoms with E-state index in [4.69, 9.17) is 4.74 Å². The molecular formula is C16H14O6. The van der Waals surface area contributed by atoms with Crippen LogP contribution in [0.5, 0.6) is 5.75 Å². The molecule has 2 aromatic carbocycles. The van der Waals surface area contributed by atoms with Crippen LogP contribution in [0.25, 0.3) is 11.1 Å². The summed E-state index contributed by atoms with van der Waals surface area (Å²) in [7, 11) is 1.39. The number of hydrogen-bond acceptors (Lipinski definition) is 5. The molecule has 0 unspecified atom stereocenters. The number of carbonyl (C=O) groups is 2. The number of carbonyl (C=O) groups excluding carboxylic acids is 1. The van der Waals surface area contributed by atoms with E-state index in [-0.39, 0.29) is 29.2 Å². The number of rotatable bonds is 5. The molecule has 0 saturated carbocycles. The number of aromatic hydroxyl groups is 1. The number of esters is 1. The highest BCUT2D eigenvalue weighted by atomic mass is 16.7. The third-order valence-electron chi connectivity index (χ3n) is 2.98. The smallest absolute Gasteiger partial charge is 0.340 e. The average Bonchev–Trinajstić information content (AvgIpc) is 2.52. The standard InChI is InChI=1S/C16H14O6/c1-21-9-22-16(20)13-5-3-2-4-11(13)14-8-10(17)6-7-12(14)15(18)19/h2-8,17H,9H2,1H3,(H,18,19). The Kier molecular flexibility index (Phi) is 4.75. The molecule has 0 aliphatic carbocycles. The van der Waals surface area contributed by atoms with E-state index >= 15 is 0 Å². The molecule has 0 bridgehead atoms. The van der Waals surface area contributed by atoms with Gasteiger partial charge >= 0.3 is 11.9 Å². The number of phenols is 1. The Labute approximate surface area is 126 Å². The van der Waals surface area contributed by atoms with Crippen LogP contribution in [-0.4, -0.2) is 36.1 Å². The third kappa shape index (κ3) is 3.24. The molecule has 2 rings (SSSR count). The van der Waals surface area contributed by atoms with Gasteiger partial charge in [0.1, 0.15) is 5.75 Å². The molecule has 0 aliphatic rings. The van der Waals surface area contributed by atoms with E-state index in [1.54, 1.807) is 18.2 Å². The fourth-order valence-electron chi connectivity index (χ4n) is 2.03. The van der Waals surface area contributed by atoms with E-state index in [1.165, 1.54) is 31.4 Å². The zero-order valence-electron chi connectivity index (χ0n) is 11.8. The fourth-order valence-corrected chi connectivity index (χ4v) is 2.03. The van der Waals surface area contributed by atoms with E-state index in [2.05, 4.69) is 4.74 Å². The second-order valence-electron chi connectivity index (χ2n) is 4.42. The number of methoxy groups -OCH3 is 1. The molecule has 0 heterocycles. The quantitative estimate of drug-likeness (QED) is 0.651. The minimum Gasteiger partial charge on any atom is -0.508 e. The molecule has 2 N–H and O–H groups in total. The van der Waals surface area contributed by atoms with Crippen LogP contribution in [-0.2, 0) is 9.47 Å². The summed E-state index contributed by atoms with van der Waals surface area (Å²) < 4.78 is 9.58. The number of aromatic carboxylic acids is 1. The summed E-state index contributed by atoms with van der Waals surface area (Å²) >= 11 is 0. The minimum absolute atomic E-state index is 0.0233. The van der Waals surface area contributed by atoms with Crippen molar-refractivity contribution in [3.63, 3.8) is 0 Å². The summed E-state index contributed by atoms with van der Waals surface area (Å²) in [5, 5.41) is 18.9. The molecule has 6 heteroatoms. The van der Waals surface area contributed by atoms with Gasteiger partial charge in [0.25, 0.3) is 0 Å². The zero-order valence-corrected chi connectivity index (χ0v) is 11.8. The van der Waals surface area contributed by atoms with Crippen molar-refractivity contribution < 1.29 is 29.3 Å². The number of phenolic OH excluding ortho intramolecular Hbond substituents is 1. The monoisotopic (exact) mass is 302 g/mol. The summed E-state index contributed by atoms with van der Waals surface area (Å²) in [6.45, 7) is -0.209. The number of ether oxygens (including phenoxy) is 2. The average molecular weight is 302 g/mol. The highest BCUT2D eigenvalue weighted by molar-refractivity contribution is 6.02. The predicted molar refractivity (Wildman–Crippen MR) is 77.8 cm³/mol. The second-order valence-corrected chi connectivity index (χ2v) is 4.42. The number of benzene rings is 2. The molecule has 0 aliphatic heterocycles. The van der Waals surface area contributed by atoms with Crippen LogP contribution < -0.4 is 0 Å². The van der Waals surface area contributed by atoms with Gasteiger partial charge in [0, 0.05) is 12.7 Å². The van der Waals surface area contributed by atoms with E-state index in [0.29, 0.717) is 5.56 Å². The molecule has 0 atom stereocenters. The maximum atomic E-state index is 12.1. The molecule has 2 aromatic rings. The fraction of sp³-hybridized carbons (Fsp3) is 0.125. The summed E-state index contributed by atoms with van der Waals surface area (Å²) in [6, 6.07) is 10.3. The molecule has 0 amide bonds. The van der Waals surface area contributed by atoms with E-state index < -0.39 is 11.9 Å². The van der Waals surface area contributed by atoms with Gasteiger partial charge in [-0.15, -0.1) is 0 Å². The Morgan fingerprint density at radius 1 is 1.05 bits per heavy atom. The lowest BCUT2D eigenvalue weighted by atomic mass is 9.95. The Hall–Kier alpha value is -2.86. The first-order valence-electron chi connectivity index (χ1n) is 6.36. The van der Waals surface area contributed by atoms with Crippen LogP contribution in [0.4, 0.5) is 0 Å². The van der Waals surface area contributed by atoms with Crippen LogP contribution in [0.3, 0.4) is 0 Å². The van der Waals surface area contributed by atoms with Crippen molar-refractivity contribution in [3.8, 4) is 16.9 Å². The summed E-state index contributed by atoms with van der Waals surface area (Å²) in [6.07, 6.45) is 0. The van der Waals surface area contributed by atoms with E-state index in [9.17, 15) is 19.8 Å². The molecule has 0 saturated heterocycles. The highest BCUT2D eigenvalue weighted by Gasteiger charge is 2.19. The molecule has 0 radical (unpaired) electrons. The van der Waals surface area contributed by atoms with E-state index in [0.717, 1.165) is 0 Å². The zero-order chi connectivity index (χ0) is 16.1. The van der Waals surface area contributed by atoms with Gasteiger partial charge in [-0.05, 0) is 29.8 Å². The molecule has 0 aromatic heterocycles. The lowest BCUT2D eigenvalue weighted by Gasteiger charge is -2.12. The van der Waals surface area contributed by atoms with Gasteiger partial charge in [-0.2, -0.15) is 0 Å². The maximum Gasteiger partial charge on any atom is 0.340 e. The van der Waals surface area contributed by atoms with Crippen LogP contribution in [0.15, 0.2) is 42.5 Å². The minimum atomic E-state index is -1.16. The SMILES string of the molecule is COCOC(=O)c1ccccc1-c1cc(O)ccc1C(=O)O. The van der Waals surface area contributed by atoms with Crippen LogP contribution >= 0.6 is 0 Å². The van der Waals surface area contributed by atoms with Crippen molar-refractivity contribution in [2.75, 3.05) is 13.9 Å². The van der Waals surface area contributed by atoms with Crippen molar-refractivity contribution in [2.24, 2.45) is 0 Å². The van der Waals surface area contributed by atoms with Gasteiger partial charge in [0.05, 0.1) is 11.1 Å². The Morgan fingerprint density at radius 3 is 2.45 bits per heavy atom. The summed E-state index contributed by atoms with van der Waals surface area (Å²) in [4.78, 5) is 23.4. The first kappa shape index (κ1) is 15.5. The molecular weight excluding hydrogens is 288 g/mol. The Morgan fingerprint density at radius 2 is 1.77 bits per heavy atom. The predicted octanol–water partition coefficient (Wildman–Crippen LogP) is 2.52. The van der Waals surface area contributed by atoms with Crippen molar-refractivity contribution in [3.05, 3.63) is 53.6 Å². The normalized spacial score (nSPS) is 10.2. The van der Waals surface area contributed by atoms with Gasteiger partial charge in [-0.3, -0.25) is 0 Å². The number of carboxylic acids is 1. The topological polar surface area (TPSA) is 93.1 Å². The van der Waals surface area contributed by atoms with Gasteiger partial charge in [0.2, 0.25) is 0 Å². The van der Waals surface area contributed by atoms with E-state index in [1.807, 2.05) is 0 Å². The van der Waals surface area contributed by atoms with Gasteiger partial charge in [0.15, 0.2) is 6.79 Å². The highest BCUT2D eigenvalue weighted by Crippen LogP contribution is 2.30. The lowest BCUT2D eigenvalue weighted by molar-refractivity contribution is -0.0124. The van der Waals surface area contributed by atoms with Crippen molar-refractivity contribution >= 4 is 11.9 Å². The second kappa shape index (κ2) is 6.73. The summed E-state index contributed by atoms with van der Waals surface area (Å²) in [5.74, 6) is -1.90. The van der Waals surface area contributed by atoms with Gasteiger partial charge < -0.3 is 19.7 Å². The molecule has 0 fully saturated rings. The van der Waals surface area contributed by atoms with Crippen LogP contribution in [0, 0.1) is 0 Å². The third-order valence-corrected chi connectivity index (χ3v) is 2.98. The Balaban J connectivity index is 2.56. The van der Waals surface area contributed by atoms with Crippen molar-refractivity contribution in [1.82, 2.24) is 0 Å². The first-order valence-corrected chi connectivity index (χ1v) is 6.36. The largest absolute Gasteiger partial charge is 0.508 e. The lowest BCUT2D eigenvalue weighted by Crippen LogP contribution is -2.10. The molecule has 6 nitrogen and oxygen atoms in total. The van der Waals surface area contributed by atoms with Crippen molar-refractivity contribution in [2.45, 2.75) is 0 Å². The van der Waals surface area contributed by atoms with Gasteiger partial charge in [-0.25, -0.2) is 9.59 Å². The van der Waals surface area contributed by atoms with Gasteiger partial charge in [-0.1, -0.05) is 18.2 Å². The molecule has 0 spiro atoms. The maximum absolute atomic E-state index is 12.1. The number of hydrogen-bond donors (Lipinski definition) is 2. The Bertz CT molecular complexity index is 708. The number of carboxylic acid groups (broad SMARTS) is 1. The van der Waals surface area contributed by atoms with Crippen molar-refractivity contribution in [1.29, 1.82) is 0 Å². The molecule has 22 heavy (non-hydrogen) atoms. The summed E-state index contributed by atoms with van der Waals surface area (Å²) in [5.41, 5.74) is 0.756. The first-order chi connectivity index (χ1) is 10.5. The van der Waals surface area contributed by atoms with Crippen LogP contribution in [0.1, 0.15) is 20.7 Å². The molecule has 114 valence electrons. The van der Waals surface area contributed by atoms with Crippen LogP contribution in [0.2, 0.25) is 0 Å².